The van der Waals surface area contributed by atoms with E-state index in [1.807, 2.05) is 22.6 Å². The van der Waals surface area contributed by atoms with Crippen molar-refractivity contribution in [1.29, 1.82) is 0 Å². The molecule has 0 amide bonds. The summed E-state index contributed by atoms with van der Waals surface area (Å²) in [6, 6.07) is 3.53. The van der Waals surface area contributed by atoms with E-state index in [9.17, 15) is 4.79 Å². The maximum absolute atomic E-state index is 11.3. The molecule has 0 aliphatic heterocycles. The molecule has 0 aliphatic rings. The summed E-state index contributed by atoms with van der Waals surface area (Å²) in [6.45, 7) is 0. The molecule has 0 aromatic carbocycles. The fourth-order valence-corrected chi connectivity index (χ4v) is 2.42. The molecule has 0 saturated carbocycles. The van der Waals surface area contributed by atoms with Crippen LogP contribution in [0, 0.1) is 3.57 Å². The van der Waals surface area contributed by atoms with E-state index in [-0.39, 0.29) is 5.56 Å². The molecule has 0 aliphatic carbocycles. The van der Waals surface area contributed by atoms with E-state index in [0.29, 0.717) is 13.6 Å². The number of aromatic nitrogens is 3. The van der Waals surface area contributed by atoms with Gasteiger partial charge in [0.05, 0.1) is 11.3 Å². The van der Waals surface area contributed by atoms with E-state index in [4.69, 9.17) is 11.6 Å². The summed E-state index contributed by atoms with van der Waals surface area (Å²) in [5, 5.41) is 1.97. The number of nitrogens with one attached hydrogen (secondary N) is 1. The summed E-state index contributed by atoms with van der Waals surface area (Å²) in [4.78, 5) is 22.0. The van der Waals surface area contributed by atoms with Crippen LogP contribution in [0.5, 0.6) is 0 Å². The lowest BCUT2D eigenvalue weighted by molar-refractivity contribution is 0.982. The van der Waals surface area contributed by atoms with Gasteiger partial charge in [0, 0.05) is 6.20 Å². The molecule has 0 saturated heterocycles. The van der Waals surface area contributed by atoms with Gasteiger partial charge in [-0.25, -0.2) is 9.97 Å². The van der Waals surface area contributed by atoms with Crippen molar-refractivity contribution in [3.05, 3.63) is 43.6 Å². The number of pyridine rings is 1. The molecule has 0 unspecified atom stereocenters. The van der Waals surface area contributed by atoms with Crippen molar-refractivity contribution in [3.63, 3.8) is 0 Å². The molecule has 0 bridgehead atoms. The fourth-order valence-electron chi connectivity index (χ4n) is 0.960. The molecule has 4 nitrogen and oxygen atoms in total. The average Bonchev–Trinajstić information content (AvgIpc) is 2.28. The number of rotatable bonds is 2. The Bertz CT molecular complexity index is 557. The van der Waals surface area contributed by atoms with Gasteiger partial charge in [0.15, 0.2) is 0 Å². The normalized spacial score (nSPS) is 10.4. The zero-order valence-electron chi connectivity index (χ0n) is 7.78. The predicted molar refractivity (Wildman–Crippen MR) is 70.9 cm³/mol. The van der Waals surface area contributed by atoms with Crippen LogP contribution in [0.15, 0.2) is 39.5 Å². The Balaban J connectivity index is 2.30. The van der Waals surface area contributed by atoms with Gasteiger partial charge in [-0.2, -0.15) is 0 Å². The average molecular weight is 366 g/mol. The summed E-state index contributed by atoms with van der Waals surface area (Å²) in [5.74, 6) is 0. The smallest absolute Gasteiger partial charge is 0.265 e. The number of H-pyrrole nitrogens is 1. The van der Waals surface area contributed by atoms with E-state index in [0.717, 1.165) is 5.03 Å². The van der Waals surface area contributed by atoms with Crippen molar-refractivity contribution in [2.75, 3.05) is 0 Å². The first-order chi connectivity index (χ1) is 7.66. The van der Waals surface area contributed by atoms with Crippen LogP contribution in [0.2, 0.25) is 5.02 Å². The molecule has 7 heteroatoms. The Morgan fingerprint density at radius 1 is 1.38 bits per heavy atom. The molecule has 2 rings (SSSR count). The van der Waals surface area contributed by atoms with Crippen molar-refractivity contribution >= 4 is 46.0 Å². The molecule has 0 radical (unpaired) electrons. The Morgan fingerprint density at radius 3 is 2.88 bits per heavy atom. The first-order valence-electron chi connectivity index (χ1n) is 4.19. The zero-order valence-corrected chi connectivity index (χ0v) is 11.5. The molecule has 1 N–H and O–H groups in total. The van der Waals surface area contributed by atoms with Crippen LogP contribution < -0.4 is 5.56 Å². The van der Waals surface area contributed by atoms with Crippen LogP contribution in [-0.4, -0.2) is 15.0 Å². The van der Waals surface area contributed by atoms with Gasteiger partial charge in [-0.15, -0.1) is 0 Å². The van der Waals surface area contributed by atoms with Crippen LogP contribution in [0.3, 0.4) is 0 Å². The Morgan fingerprint density at radius 2 is 2.19 bits per heavy atom. The van der Waals surface area contributed by atoms with Crippen LogP contribution in [-0.2, 0) is 0 Å². The first kappa shape index (κ1) is 11.9. The van der Waals surface area contributed by atoms with E-state index in [2.05, 4.69) is 15.0 Å². The molecule has 0 spiro atoms. The quantitative estimate of drug-likeness (QED) is 0.656. The van der Waals surface area contributed by atoms with Crippen LogP contribution in [0.4, 0.5) is 0 Å². The third-order valence-corrected chi connectivity index (χ3v) is 4.21. The van der Waals surface area contributed by atoms with Gasteiger partial charge in [0.25, 0.3) is 5.56 Å². The first-order valence-corrected chi connectivity index (χ1v) is 6.47. The topological polar surface area (TPSA) is 58.6 Å². The molecule has 82 valence electrons. The van der Waals surface area contributed by atoms with Crippen LogP contribution in [0.1, 0.15) is 0 Å². The Hall–Kier alpha value is -0.600. The molecule has 0 fully saturated rings. The van der Waals surface area contributed by atoms with Crippen LogP contribution >= 0.6 is 46.0 Å². The third-order valence-electron chi connectivity index (χ3n) is 1.67. The monoisotopic (exact) mass is 365 g/mol. The molecule has 0 atom stereocenters. The Kier molecular flexibility index (Phi) is 3.82. The van der Waals surface area contributed by atoms with Crippen molar-refractivity contribution in [2.24, 2.45) is 0 Å². The SMILES string of the molecule is O=c1[nH]cnc(Sc2ccc(Cl)cn2)c1I. The molecular formula is C9H5ClIN3OS. The predicted octanol–water partition coefficient (Wildman–Crippen LogP) is 2.57. The van der Waals surface area contributed by atoms with Gasteiger partial charge in [-0.1, -0.05) is 11.6 Å². The highest BCUT2D eigenvalue weighted by atomic mass is 127. The molecule has 2 aromatic rings. The van der Waals surface area contributed by atoms with Gasteiger partial charge < -0.3 is 4.98 Å². The number of hydrogen-bond donors (Lipinski definition) is 1. The highest BCUT2D eigenvalue weighted by molar-refractivity contribution is 14.1. The number of halogens is 2. The zero-order chi connectivity index (χ0) is 11.5. The lowest BCUT2D eigenvalue weighted by Gasteiger charge is -2.01. The molecule has 16 heavy (non-hydrogen) atoms. The minimum absolute atomic E-state index is 0.146. The van der Waals surface area contributed by atoms with Gasteiger partial charge in [-0.05, 0) is 46.5 Å². The third kappa shape index (κ3) is 2.74. The summed E-state index contributed by atoms with van der Waals surface area (Å²) >= 11 is 9.01. The van der Waals surface area contributed by atoms with Crippen molar-refractivity contribution in [1.82, 2.24) is 15.0 Å². The lowest BCUT2D eigenvalue weighted by Crippen LogP contribution is -2.11. The van der Waals surface area contributed by atoms with Crippen molar-refractivity contribution < 1.29 is 0 Å². The Labute approximate surface area is 114 Å². The maximum Gasteiger partial charge on any atom is 0.265 e. The largest absolute Gasteiger partial charge is 0.312 e. The second-order valence-corrected chi connectivity index (χ2v) is 5.29. The van der Waals surface area contributed by atoms with Gasteiger partial charge >= 0.3 is 0 Å². The van der Waals surface area contributed by atoms with Crippen molar-refractivity contribution in [3.8, 4) is 0 Å². The lowest BCUT2D eigenvalue weighted by atomic mass is 10.5. The highest BCUT2D eigenvalue weighted by Crippen LogP contribution is 2.26. The summed E-state index contributed by atoms with van der Waals surface area (Å²) in [7, 11) is 0. The standard InChI is InChI=1S/C9H5ClIN3OS/c10-5-1-2-6(12-3-5)16-9-7(11)8(15)13-4-14-9/h1-4H,(H,13,14,15). The van der Waals surface area contributed by atoms with Gasteiger partial charge in [-0.3, -0.25) is 4.79 Å². The summed E-state index contributed by atoms with van der Waals surface area (Å²) in [6.07, 6.45) is 2.94. The van der Waals surface area contributed by atoms with Crippen LogP contribution in [0.25, 0.3) is 0 Å². The molecule has 2 heterocycles. The minimum Gasteiger partial charge on any atom is -0.312 e. The van der Waals surface area contributed by atoms with Gasteiger partial charge in [0.2, 0.25) is 0 Å². The van der Waals surface area contributed by atoms with E-state index in [1.54, 1.807) is 18.3 Å². The number of aromatic amines is 1. The van der Waals surface area contributed by atoms with Crippen molar-refractivity contribution in [2.45, 2.75) is 10.1 Å². The van der Waals surface area contributed by atoms with E-state index >= 15 is 0 Å². The highest BCUT2D eigenvalue weighted by Gasteiger charge is 2.07. The second-order valence-electron chi connectivity index (χ2n) is 2.77. The molecule has 2 aromatic heterocycles. The van der Waals surface area contributed by atoms with Gasteiger partial charge in [0.1, 0.15) is 13.6 Å². The molecular weight excluding hydrogens is 361 g/mol. The maximum atomic E-state index is 11.3. The van der Waals surface area contributed by atoms with E-state index in [1.165, 1.54) is 18.1 Å². The minimum atomic E-state index is -0.146. The second kappa shape index (κ2) is 5.15. The number of nitrogens with zero attached hydrogens (tertiary/aromatic N) is 2. The van der Waals surface area contributed by atoms with E-state index < -0.39 is 0 Å². The summed E-state index contributed by atoms with van der Waals surface area (Å²) in [5.41, 5.74) is -0.146. The fraction of sp³-hybridized carbons (Fsp3) is 0. The summed E-state index contributed by atoms with van der Waals surface area (Å²) < 4.78 is 0.557. The number of hydrogen-bond acceptors (Lipinski definition) is 4.